The number of carbonyl (C=O) groups excluding carboxylic acids is 1. The van der Waals surface area contributed by atoms with Crippen LogP contribution in [0.4, 0.5) is 16.2 Å². The highest BCUT2D eigenvalue weighted by Crippen LogP contribution is 2.27. The van der Waals surface area contributed by atoms with E-state index >= 15 is 0 Å². The van der Waals surface area contributed by atoms with Crippen LogP contribution in [0.1, 0.15) is 5.56 Å². The molecule has 0 fully saturated rings. The number of hydrogen-bond donors (Lipinski definition) is 2. The van der Waals surface area contributed by atoms with Crippen LogP contribution in [-0.2, 0) is 6.54 Å². The minimum absolute atomic E-state index is 0.111. The van der Waals surface area contributed by atoms with E-state index in [2.05, 4.69) is 15.6 Å². The van der Waals surface area contributed by atoms with Crippen molar-refractivity contribution in [3.05, 3.63) is 23.8 Å². The summed E-state index contributed by atoms with van der Waals surface area (Å²) in [5, 5.41) is 14.4. The van der Waals surface area contributed by atoms with E-state index in [4.69, 9.17) is 5.26 Å². The van der Waals surface area contributed by atoms with Gasteiger partial charge in [0.2, 0.25) is 0 Å². The van der Waals surface area contributed by atoms with Crippen molar-refractivity contribution in [1.82, 2.24) is 10.2 Å². The highest BCUT2D eigenvalue weighted by molar-refractivity contribution is 8.13. The van der Waals surface area contributed by atoms with Gasteiger partial charge in [-0.15, -0.1) is 0 Å². The fourth-order valence-corrected chi connectivity index (χ4v) is 2.07. The predicted octanol–water partition coefficient (Wildman–Crippen LogP) is 2.09. The number of nitriles is 1. The fourth-order valence-electron chi connectivity index (χ4n) is 1.73. The number of nitrogens with one attached hydrogen (secondary N) is 2. The third kappa shape index (κ3) is 2.98. The van der Waals surface area contributed by atoms with Crippen LogP contribution < -0.4 is 10.6 Å². The zero-order valence-electron chi connectivity index (χ0n) is 10.6. The zero-order valence-corrected chi connectivity index (χ0v) is 11.4. The van der Waals surface area contributed by atoms with Gasteiger partial charge in [-0.25, -0.2) is 9.79 Å². The molecule has 2 N–H and O–H groups in total. The average Bonchev–Trinajstić information content (AvgIpc) is 2.40. The van der Waals surface area contributed by atoms with Crippen molar-refractivity contribution in [3.63, 3.8) is 0 Å². The maximum absolute atomic E-state index is 11.5. The van der Waals surface area contributed by atoms with Crippen LogP contribution in [0.15, 0.2) is 23.2 Å². The summed E-state index contributed by atoms with van der Waals surface area (Å²) in [6.07, 6.45) is 3.69. The molecule has 0 saturated carbocycles. The first kappa shape index (κ1) is 13.2. The molecular weight excluding hydrogens is 262 g/mol. The van der Waals surface area contributed by atoms with Gasteiger partial charge in [-0.1, -0.05) is 11.8 Å². The van der Waals surface area contributed by atoms with Crippen molar-refractivity contribution in [1.29, 1.82) is 5.26 Å². The summed E-state index contributed by atoms with van der Waals surface area (Å²) in [7, 11) is 1.73. The second-order valence-electron chi connectivity index (χ2n) is 3.99. The third-order valence-electron chi connectivity index (χ3n) is 2.67. The highest BCUT2D eigenvalue weighted by atomic mass is 32.2. The maximum atomic E-state index is 11.5. The Kier molecular flexibility index (Phi) is 3.92. The summed E-state index contributed by atoms with van der Waals surface area (Å²) < 4.78 is 0. The molecule has 2 amide bonds. The molecule has 0 bridgehead atoms. The molecule has 1 aliphatic heterocycles. The molecule has 0 aliphatic carbocycles. The number of carbonyl (C=O) groups is 1. The number of aliphatic imine (C=N–C) groups is 1. The normalized spacial score (nSPS) is 14.5. The van der Waals surface area contributed by atoms with Gasteiger partial charge >= 0.3 is 6.03 Å². The summed E-state index contributed by atoms with van der Waals surface area (Å²) in [4.78, 5) is 17.4. The minimum Gasteiger partial charge on any atom is -0.323 e. The lowest BCUT2D eigenvalue weighted by molar-refractivity contribution is 0.218. The largest absolute Gasteiger partial charge is 0.323 e. The van der Waals surface area contributed by atoms with Crippen LogP contribution in [0, 0.1) is 11.5 Å². The maximum Gasteiger partial charge on any atom is 0.321 e. The number of hydrogen-bond acceptors (Lipinski definition) is 4. The molecule has 2 rings (SSSR count). The van der Waals surface area contributed by atoms with Crippen molar-refractivity contribution in [2.75, 3.05) is 18.6 Å². The van der Waals surface area contributed by atoms with E-state index in [-0.39, 0.29) is 6.03 Å². The number of anilines is 1. The van der Waals surface area contributed by atoms with Crippen molar-refractivity contribution >= 4 is 34.3 Å². The van der Waals surface area contributed by atoms with Gasteiger partial charge in [-0.3, -0.25) is 5.32 Å². The van der Waals surface area contributed by atoms with Gasteiger partial charge in [0.05, 0.1) is 5.69 Å². The molecule has 0 atom stereocenters. The Morgan fingerprint density at radius 3 is 3.11 bits per heavy atom. The molecule has 0 saturated heterocycles. The van der Waals surface area contributed by atoms with Crippen LogP contribution in [0.25, 0.3) is 0 Å². The lowest BCUT2D eigenvalue weighted by Crippen LogP contribution is -2.35. The van der Waals surface area contributed by atoms with Crippen molar-refractivity contribution in [3.8, 4) is 6.19 Å². The fraction of sp³-hybridized carbons (Fsp3) is 0.250. The van der Waals surface area contributed by atoms with E-state index < -0.39 is 0 Å². The lowest BCUT2D eigenvalue weighted by Gasteiger charge is -2.25. The number of amides is 2. The van der Waals surface area contributed by atoms with Gasteiger partial charge < -0.3 is 10.2 Å². The van der Waals surface area contributed by atoms with E-state index in [1.54, 1.807) is 18.0 Å². The van der Waals surface area contributed by atoms with E-state index in [9.17, 15) is 4.79 Å². The Morgan fingerprint density at radius 1 is 1.63 bits per heavy atom. The van der Waals surface area contributed by atoms with Crippen LogP contribution in [-0.4, -0.2) is 29.4 Å². The predicted molar refractivity (Wildman–Crippen MR) is 76.3 cm³/mol. The van der Waals surface area contributed by atoms with E-state index in [0.29, 0.717) is 11.7 Å². The molecule has 1 aromatic carbocycles. The molecule has 0 aromatic heterocycles. The van der Waals surface area contributed by atoms with Crippen molar-refractivity contribution < 1.29 is 4.79 Å². The van der Waals surface area contributed by atoms with E-state index in [0.717, 1.165) is 16.9 Å². The molecule has 7 heteroatoms. The van der Waals surface area contributed by atoms with Crippen molar-refractivity contribution in [2.24, 2.45) is 4.99 Å². The molecule has 19 heavy (non-hydrogen) atoms. The number of urea groups is 1. The second kappa shape index (κ2) is 5.63. The average molecular weight is 275 g/mol. The molecule has 0 unspecified atom stereocenters. The molecule has 6 nitrogen and oxygen atoms in total. The molecule has 0 radical (unpaired) electrons. The number of thioether (sulfide) groups is 1. The summed E-state index contributed by atoms with van der Waals surface area (Å²) in [6.45, 7) is 0.546. The SMILES string of the molecule is CSC(=Nc1ccc2c(c1)CN(C)C(=O)N2)NC#N. The van der Waals surface area contributed by atoms with E-state index in [1.165, 1.54) is 11.8 Å². The van der Waals surface area contributed by atoms with Crippen LogP contribution in [0.5, 0.6) is 0 Å². The Hall–Kier alpha value is -2.20. The quantitative estimate of drug-likeness (QED) is 0.356. The monoisotopic (exact) mass is 275 g/mol. The summed E-state index contributed by atoms with van der Waals surface area (Å²) in [5.41, 5.74) is 2.55. The first-order valence-electron chi connectivity index (χ1n) is 5.57. The molecule has 98 valence electrons. The topological polar surface area (TPSA) is 80.5 Å². The molecule has 1 heterocycles. The first-order chi connectivity index (χ1) is 9.13. The number of benzene rings is 1. The Labute approximate surface area is 115 Å². The zero-order chi connectivity index (χ0) is 13.8. The van der Waals surface area contributed by atoms with Gasteiger partial charge in [0, 0.05) is 19.3 Å². The van der Waals surface area contributed by atoms with Gasteiger partial charge in [0.1, 0.15) is 0 Å². The summed E-state index contributed by atoms with van der Waals surface area (Å²) >= 11 is 1.36. The standard InChI is InChI=1S/C12H13N5OS/c1-17-6-8-5-9(15-11(19-2)14-7-13)3-4-10(8)16-12(17)18/h3-5H,6H2,1-2H3,(H,14,15)(H,16,18). The minimum atomic E-state index is -0.111. The number of amidine groups is 1. The van der Waals surface area contributed by atoms with Crippen LogP contribution in [0.3, 0.4) is 0 Å². The number of rotatable bonds is 1. The van der Waals surface area contributed by atoms with Gasteiger partial charge in [0.25, 0.3) is 0 Å². The Bertz CT molecular complexity index is 578. The summed E-state index contributed by atoms with van der Waals surface area (Å²) in [6, 6.07) is 5.42. The molecule has 1 aliphatic rings. The van der Waals surface area contributed by atoms with Gasteiger partial charge in [-0.2, -0.15) is 5.26 Å². The smallest absolute Gasteiger partial charge is 0.321 e. The van der Waals surface area contributed by atoms with Crippen LogP contribution >= 0.6 is 11.8 Å². The van der Waals surface area contributed by atoms with Gasteiger partial charge in [0.15, 0.2) is 11.4 Å². The molecular formula is C12H13N5OS. The Balaban J connectivity index is 2.29. The van der Waals surface area contributed by atoms with Crippen molar-refractivity contribution in [2.45, 2.75) is 6.54 Å². The lowest BCUT2D eigenvalue weighted by atomic mass is 10.1. The van der Waals surface area contributed by atoms with Gasteiger partial charge in [-0.05, 0) is 30.0 Å². The second-order valence-corrected chi connectivity index (χ2v) is 4.78. The number of nitrogens with zero attached hydrogens (tertiary/aromatic N) is 3. The van der Waals surface area contributed by atoms with Crippen LogP contribution in [0.2, 0.25) is 0 Å². The first-order valence-corrected chi connectivity index (χ1v) is 6.79. The summed E-state index contributed by atoms with van der Waals surface area (Å²) in [5.74, 6) is 0. The molecule has 0 spiro atoms. The van der Waals surface area contributed by atoms with E-state index in [1.807, 2.05) is 24.6 Å². The Morgan fingerprint density at radius 2 is 2.42 bits per heavy atom. The molecule has 1 aromatic rings. The third-order valence-corrected chi connectivity index (χ3v) is 3.25. The highest BCUT2D eigenvalue weighted by Gasteiger charge is 2.19. The number of fused-ring (bicyclic) bond motifs is 1.